The molecule has 0 saturated carbocycles. The third-order valence-electron chi connectivity index (χ3n) is 4.12. The normalized spacial score (nSPS) is 14.7. The SMILES string of the molecule is CC(C)(C)OC(=O)N1CCN(c2ncc(OCc3cccc(F)c3)cn2)CC1. The Morgan fingerprint density at radius 1 is 1.14 bits per heavy atom. The quantitative estimate of drug-likeness (QED) is 0.801. The van der Waals surface area contributed by atoms with Crippen molar-refractivity contribution in [1.82, 2.24) is 14.9 Å². The summed E-state index contributed by atoms with van der Waals surface area (Å²) in [5.74, 6) is 0.806. The number of carbonyl (C=O) groups excluding carboxylic acids is 1. The summed E-state index contributed by atoms with van der Waals surface area (Å²) in [6, 6.07) is 6.26. The van der Waals surface area contributed by atoms with E-state index in [0.717, 1.165) is 5.56 Å². The van der Waals surface area contributed by atoms with E-state index in [1.54, 1.807) is 29.4 Å². The summed E-state index contributed by atoms with van der Waals surface area (Å²) in [7, 11) is 0. The van der Waals surface area contributed by atoms with Crippen LogP contribution in [0.15, 0.2) is 36.7 Å². The van der Waals surface area contributed by atoms with Crippen LogP contribution in [0.5, 0.6) is 5.75 Å². The van der Waals surface area contributed by atoms with Crippen LogP contribution in [-0.4, -0.2) is 52.7 Å². The highest BCUT2D eigenvalue weighted by Crippen LogP contribution is 2.17. The third kappa shape index (κ3) is 5.55. The number of hydrogen-bond acceptors (Lipinski definition) is 6. The lowest BCUT2D eigenvalue weighted by atomic mass is 10.2. The highest BCUT2D eigenvalue weighted by Gasteiger charge is 2.26. The Kier molecular flexibility index (Phi) is 5.96. The molecule has 2 heterocycles. The van der Waals surface area contributed by atoms with E-state index < -0.39 is 5.60 Å². The number of nitrogens with zero attached hydrogens (tertiary/aromatic N) is 4. The molecule has 3 rings (SSSR count). The van der Waals surface area contributed by atoms with Crippen molar-refractivity contribution in [3.8, 4) is 5.75 Å². The molecule has 0 radical (unpaired) electrons. The number of rotatable bonds is 4. The molecule has 28 heavy (non-hydrogen) atoms. The van der Waals surface area contributed by atoms with Crippen LogP contribution in [0.25, 0.3) is 0 Å². The smallest absolute Gasteiger partial charge is 0.410 e. The summed E-state index contributed by atoms with van der Waals surface area (Å²) < 4.78 is 24.2. The molecule has 0 unspecified atom stereocenters. The van der Waals surface area contributed by atoms with Crippen molar-refractivity contribution in [2.24, 2.45) is 0 Å². The molecule has 150 valence electrons. The van der Waals surface area contributed by atoms with Gasteiger partial charge in [0.05, 0.1) is 12.4 Å². The van der Waals surface area contributed by atoms with Crippen LogP contribution in [0.2, 0.25) is 0 Å². The molecular formula is C20H25FN4O3. The minimum absolute atomic E-state index is 0.245. The predicted molar refractivity (Wildman–Crippen MR) is 103 cm³/mol. The fraction of sp³-hybridized carbons (Fsp3) is 0.450. The second-order valence-corrected chi connectivity index (χ2v) is 7.59. The minimum Gasteiger partial charge on any atom is -0.486 e. The lowest BCUT2D eigenvalue weighted by Gasteiger charge is -2.35. The first-order valence-corrected chi connectivity index (χ1v) is 9.22. The van der Waals surface area contributed by atoms with Gasteiger partial charge < -0.3 is 19.3 Å². The lowest BCUT2D eigenvalue weighted by Crippen LogP contribution is -2.50. The Balaban J connectivity index is 1.50. The average molecular weight is 388 g/mol. The van der Waals surface area contributed by atoms with Crippen LogP contribution in [0.3, 0.4) is 0 Å². The van der Waals surface area contributed by atoms with Gasteiger partial charge in [0.25, 0.3) is 0 Å². The van der Waals surface area contributed by atoms with Gasteiger partial charge in [-0.05, 0) is 38.5 Å². The zero-order valence-electron chi connectivity index (χ0n) is 16.4. The van der Waals surface area contributed by atoms with Gasteiger partial charge in [-0.1, -0.05) is 12.1 Å². The Hall–Kier alpha value is -2.90. The maximum Gasteiger partial charge on any atom is 0.410 e. The van der Waals surface area contributed by atoms with E-state index in [1.807, 2.05) is 25.7 Å². The van der Waals surface area contributed by atoms with Crippen molar-refractivity contribution in [3.63, 3.8) is 0 Å². The molecule has 1 aliphatic rings. The first-order valence-electron chi connectivity index (χ1n) is 9.22. The van der Waals surface area contributed by atoms with E-state index in [9.17, 15) is 9.18 Å². The summed E-state index contributed by atoms with van der Waals surface area (Å²) in [4.78, 5) is 24.5. The van der Waals surface area contributed by atoms with E-state index in [-0.39, 0.29) is 18.5 Å². The molecule has 1 fully saturated rings. The Morgan fingerprint density at radius 3 is 2.43 bits per heavy atom. The number of piperazine rings is 1. The van der Waals surface area contributed by atoms with Crippen LogP contribution in [0.4, 0.5) is 15.1 Å². The van der Waals surface area contributed by atoms with Gasteiger partial charge >= 0.3 is 6.09 Å². The maximum absolute atomic E-state index is 13.2. The van der Waals surface area contributed by atoms with Crippen molar-refractivity contribution >= 4 is 12.0 Å². The molecule has 1 aromatic carbocycles. The van der Waals surface area contributed by atoms with Crippen molar-refractivity contribution in [2.75, 3.05) is 31.1 Å². The van der Waals surface area contributed by atoms with Gasteiger partial charge in [0.15, 0.2) is 5.75 Å². The van der Waals surface area contributed by atoms with Crippen LogP contribution in [-0.2, 0) is 11.3 Å². The number of hydrogen-bond donors (Lipinski definition) is 0. The van der Waals surface area contributed by atoms with Crippen molar-refractivity contribution in [3.05, 3.63) is 48.0 Å². The molecule has 0 bridgehead atoms. The summed E-state index contributed by atoms with van der Waals surface area (Å²) >= 11 is 0. The number of carbonyl (C=O) groups is 1. The Bertz CT molecular complexity index is 800. The monoisotopic (exact) mass is 388 g/mol. The van der Waals surface area contributed by atoms with Crippen LogP contribution in [0.1, 0.15) is 26.3 Å². The van der Waals surface area contributed by atoms with Gasteiger partial charge in [0, 0.05) is 26.2 Å². The van der Waals surface area contributed by atoms with E-state index in [1.165, 1.54) is 12.1 Å². The summed E-state index contributed by atoms with van der Waals surface area (Å²) in [6.07, 6.45) is 2.90. The van der Waals surface area contributed by atoms with Gasteiger partial charge in [-0.25, -0.2) is 19.2 Å². The molecule has 8 heteroatoms. The lowest BCUT2D eigenvalue weighted by molar-refractivity contribution is 0.0240. The van der Waals surface area contributed by atoms with Crippen LogP contribution >= 0.6 is 0 Å². The second kappa shape index (κ2) is 8.41. The number of anilines is 1. The largest absolute Gasteiger partial charge is 0.486 e. The van der Waals surface area contributed by atoms with Gasteiger partial charge in [0.2, 0.25) is 5.95 Å². The van der Waals surface area contributed by atoms with E-state index in [0.29, 0.717) is 37.9 Å². The summed E-state index contributed by atoms with van der Waals surface area (Å²) in [6.45, 7) is 8.17. The molecule has 1 aromatic heterocycles. The van der Waals surface area contributed by atoms with Crippen LogP contribution in [0, 0.1) is 5.82 Å². The zero-order chi connectivity index (χ0) is 20.1. The fourth-order valence-electron chi connectivity index (χ4n) is 2.76. The average Bonchev–Trinajstić information content (AvgIpc) is 2.66. The van der Waals surface area contributed by atoms with E-state index >= 15 is 0 Å². The number of benzene rings is 1. The van der Waals surface area contributed by atoms with Crippen molar-refractivity contribution < 1.29 is 18.7 Å². The van der Waals surface area contributed by atoms with Crippen molar-refractivity contribution in [2.45, 2.75) is 33.0 Å². The molecule has 1 amide bonds. The minimum atomic E-state index is -0.501. The second-order valence-electron chi connectivity index (χ2n) is 7.59. The molecule has 0 atom stereocenters. The highest BCUT2D eigenvalue weighted by atomic mass is 19.1. The third-order valence-corrected chi connectivity index (χ3v) is 4.12. The van der Waals surface area contributed by atoms with Gasteiger partial charge in [0.1, 0.15) is 18.0 Å². The Labute approximate surface area is 164 Å². The number of halogens is 1. The standard InChI is InChI=1S/C20H25FN4O3/c1-20(2,3)28-19(26)25-9-7-24(8-10-25)18-22-12-17(13-23-18)27-14-15-5-4-6-16(21)11-15/h4-6,11-13H,7-10,14H2,1-3H3. The topological polar surface area (TPSA) is 67.8 Å². The molecule has 0 aliphatic carbocycles. The van der Waals surface area contributed by atoms with Gasteiger partial charge in [-0.3, -0.25) is 0 Å². The zero-order valence-corrected chi connectivity index (χ0v) is 16.4. The first kappa shape index (κ1) is 19.9. The molecular weight excluding hydrogens is 363 g/mol. The maximum atomic E-state index is 13.2. The van der Waals surface area contributed by atoms with E-state index in [2.05, 4.69) is 9.97 Å². The fourth-order valence-corrected chi connectivity index (χ4v) is 2.76. The number of amides is 1. The van der Waals surface area contributed by atoms with Gasteiger partial charge in [-0.15, -0.1) is 0 Å². The molecule has 0 N–H and O–H groups in total. The molecule has 2 aromatic rings. The molecule has 0 spiro atoms. The summed E-state index contributed by atoms with van der Waals surface area (Å²) in [5, 5.41) is 0. The predicted octanol–water partition coefficient (Wildman–Crippen LogP) is 3.25. The molecule has 7 nitrogen and oxygen atoms in total. The first-order chi connectivity index (χ1) is 13.3. The molecule has 1 saturated heterocycles. The van der Waals surface area contributed by atoms with Crippen molar-refractivity contribution in [1.29, 1.82) is 0 Å². The van der Waals surface area contributed by atoms with Gasteiger partial charge in [-0.2, -0.15) is 0 Å². The highest BCUT2D eigenvalue weighted by molar-refractivity contribution is 5.68. The molecule has 1 aliphatic heterocycles. The Morgan fingerprint density at radius 2 is 1.82 bits per heavy atom. The van der Waals surface area contributed by atoms with E-state index in [4.69, 9.17) is 9.47 Å². The number of aromatic nitrogens is 2. The summed E-state index contributed by atoms with van der Waals surface area (Å²) in [5.41, 5.74) is 0.237. The van der Waals surface area contributed by atoms with Crippen LogP contribution < -0.4 is 9.64 Å². The number of ether oxygens (including phenoxy) is 2.